The van der Waals surface area contributed by atoms with Gasteiger partial charge in [0.1, 0.15) is 6.61 Å². The fourth-order valence-electron chi connectivity index (χ4n) is 1.01. The second kappa shape index (κ2) is 7.23. The number of aliphatic hydroxyl groups is 1. The van der Waals surface area contributed by atoms with Crippen LogP contribution in [0.5, 0.6) is 0 Å². The van der Waals surface area contributed by atoms with E-state index < -0.39 is 6.10 Å². The van der Waals surface area contributed by atoms with Crippen LogP contribution in [0, 0.1) is 0 Å². The molecule has 1 atom stereocenters. The third-order valence-corrected chi connectivity index (χ3v) is 2.10. The van der Waals surface area contributed by atoms with Crippen molar-refractivity contribution >= 4 is 5.97 Å². The molecule has 0 heterocycles. The Labute approximate surface area is 91.4 Å². The summed E-state index contributed by atoms with van der Waals surface area (Å²) in [5.74, 6) is -0.277. The van der Waals surface area contributed by atoms with Crippen LogP contribution in [0.2, 0.25) is 0 Å². The lowest BCUT2D eigenvalue weighted by atomic mass is 10.0. The maximum Gasteiger partial charge on any atom is 0.302 e. The van der Waals surface area contributed by atoms with E-state index in [1.807, 2.05) is 19.9 Å². The van der Waals surface area contributed by atoms with E-state index in [1.54, 1.807) is 0 Å². The molecule has 0 bridgehead atoms. The number of hydrogen-bond acceptors (Lipinski definition) is 3. The van der Waals surface area contributed by atoms with E-state index in [-0.39, 0.29) is 5.97 Å². The van der Waals surface area contributed by atoms with Crippen LogP contribution >= 0.6 is 0 Å². The highest BCUT2D eigenvalue weighted by atomic mass is 16.5. The summed E-state index contributed by atoms with van der Waals surface area (Å²) in [6.45, 7) is 9.13. The normalized spacial score (nSPS) is 13.5. The lowest BCUT2D eigenvalue weighted by Gasteiger charge is -2.09. The fraction of sp³-hybridized carbons (Fsp3) is 0.583. The number of rotatable bonds is 6. The van der Waals surface area contributed by atoms with Crippen LogP contribution in [0.1, 0.15) is 33.6 Å². The van der Waals surface area contributed by atoms with E-state index in [0.29, 0.717) is 13.0 Å². The predicted molar refractivity (Wildman–Crippen MR) is 60.4 cm³/mol. The molecule has 1 unspecified atom stereocenters. The third-order valence-electron chi connectivity index (χ3n) is 2.10. The van der Waals surface area contributed by atoms with Crippen molar-refractivity contribution < 1.29 is 14.6 Å². The second-order valence-electron chi connectivity index (χ2n) is 3.75. The molecule has 0 aliphatic rings. The average Bonchev–Trinajstić information content (AvgIpc) is 2.13. The Bertz CT molecular complexity index is 254. The lowest BCUT2D eigenvalue weighted by molar-refractivity contribution is -0.139. The number of aliphatic hydroxyl groups excluding tert-OH is 1. The van der Waals surface area contributed by atoms with E-state index in [0.717, 1.165) is 17.6 Å². The molecule has 0 saturated carbocycles. The van der Waals surface area contributed by atoms with Gasteiger partial charge in [-0.05, 0) is 32.8 Å². The Kier molecular flexibility index (Phi) is 6.71. The molecule has 0 aromatic carbocycles. The number of esters is 1. The third kappa shape index (κ3) is 7.94. The van der Waals surface area contributed by atoms with Gasteiger partial charge in [-0.2, -0.15) is 0 Å². The predicted octanol–water partition coefficient (Wildman–Crippen LogP) is 2.21. The van der Waals surface area contributed by atoms with Gasteiger partial charge >= 0.3 is 5.97 Å². The zero-order valence-corrected chi connectivity index (χ0v) is 9.75. The minimum absolute atomic E-state index is 0.277. The van der Waals surface area contributed by atoms with Gasteiger partial charge in [0.15, 0.2) is 0 Å². The molecule has 0 spiro atoms. The van der Waals surface area contributed by atoms with Crippen molar-refractivity contribution in [3.8, 4) is 0 Å². The van der Waals surface area contributed by atoms with E-state index in [9.17, 15) is 9.90 Å². The monoisotopic (exact) mass is 212 g/mol. The second-order valence-corrected chi connectivity index (χ2v) is 3.75. The molecular formula is C12H20O3. The molecule has 0 aromatic heterocycles. The van der Waals surface area contributed by atoms with Gasteiger partial charge in [0.2, 0.25) is 0 Å². The zero-order valence-electron chi connectivity index (χ0n) is 9.75. The maximum atomic E-state index is 10.5. The number of ether oxygens (including phenoxy) is 1. The molecule has 15 heavy (non-hydrogen) atoms. The first-order chi connectivity index (χ1) is 6.93. The summed E-state index contributed by atoms with van der Waals surface area (Å²) in [5.41, 5.74) is 1.89. The molecule has 0 fully saturated rings. The maximum absolute atomic E-state index is 10.5. The quantitative estimate of drug-likeness (QED) is 0.542. The van der Waals surface area contributed by atoms with E-state index in [4.69, 9.17) is 4.74 Å². The number of allylic oxidation sites excluding steroid dienone is 1. The smallest absolute Gasteiger partial charge is 0.302 e. The molecule has 3 heteroatoms. The van der Waals surface area contributed by atoms with Crippen molar-refractivity contribution in [2.24, 2.45) is 0 Å². The molecule has 0 aromatic rings. The summed E-state index contributed by atoms with van der Waals surface area (Å²) in [6.07, 6.45) is 2.86. The SMILES string of the molecule is C=C(C)C(O)CC/C(C)=C/COC(C)=O. The first-order valence-corrected chi connectivity index (χ1v) is 5.06. The Morgan fingerprint density at radius 2 is 2.07 bits per heavy atom. The Morgan fingerprint density at radius 3 is 2.53 bits per heavy atom. The van der Waals surface area contributed by atoms with Gasteiger partial charge in [0.05, 0.1) is 6.10 Å². The van der Waals surface area contributed by atoms with Crippen LogP contribution in [0.25, 0.3) is 0 Å². The van der Waals surface area contributed by atoms with Gasteiger partial charge in [-0.25, -0.2) is 0 Å². The van der Waals surface area contributed by atoms with Crippen LogP contribution in [0.15, 0.2) is 23.8 Å². The van der Waals surface area contributed by atoms with Crippen LogP contribution in [-0.2, 0) is 9.53 Å². The van der Waals surface area contributed by atoms with Gasteiger partial charge in [-0.3, -0.25) is 4.79 Å². The molecule has 0 aliphatic carbocycles. The van der Waals surface area contributed by atoms with Crippen LogP contribution < -0.4 is 0 Å². The number of carbonyl (C=O) groups is 1. The van der Waals surface area contributed by atoms with Crippen molar-refractivity contribution in [1.29, 1.82) is 0 Å². The first-order valence-electron chi connectivity index (χ1n) is 5.06. The summed E-state index contributed by atoms with van der Waals surface area (Å²) in [4.78, 5) is 10.5. The Balaban J connectivity index is 3.77. The largest absolute Gasteiger partial charge is 0.462 e. The summed E-state index contributed by atoms with van der Waals surface area (Å²) >= 11 is 0. The van der Waals surface area contributed by atoms with Crippen molar-refractivity contribution in [3.05, 3.63) is 23.8 Å². The van der Waals surface area contributed by atoms with Gasteiger partial charge in [-0.1, -0.05) is 17.7 Å². The van der Waals surface area contributed by atoms with Crippen LogP contribution in [0.4, 0.5) is 0 Å². The summed E-state index contributed by atoms with van der Waals surface area (Å²) in [7, 11) is 0. The molecule has 86 valence electrons. The van der Waals surface area contributed by atoms with Crippen molar-refractivity contribution in [3.63, 3.8) is 0 Å². The minimum atomic E-state index is -0.443. The number of carbonyl (C=O) groups excluding carboxylic acids is 1. The molecule has 3 nitrogen and oxygen atoms in total. The Morgan fingerprint density at radius 1 is 1.47 bits per heavy atom. The first kappa shape index (κ1) is 13.9. The summed E-state index contributed by atoms with van der Waals surface area (Å²) in [5, 5.41) is 9.48. The highest BCUT2D eigenvalue weighted by molar-refractivity contribution is 5.66. The lowest BCUT2D eigenvalue weighted by Crippen LogP contribution is -2.07. The standard InChI is InChI=1S/C12H20O3/c1-9(2)12(14)6-5-10(3)7-8-15-11(4)13/h7,12,14H,1,5-6,8H2,2-4H3/b10-7+. The Hall–Kier alpha value is -1.09. The highest BCUT2D eigenvalue weighted by Gasteiger charge is 2.04. The van der Waals surface area contributed by atoms with Crippen molar-refractivity contribution in [2.75, 3.05) is 6.61 Å². The van der Waals surface area contributed by atoms with E-state index in [2.05, 4.69) is 6.58 Å². The van der Waals surface area contributed by atoms with Gasteiger partial charge in [-0.15, -0.1) is 0 Å². The van der Waals surface area contributed by atoms with Gasteiger partial charge in [0, 0.05) is 6.92 Å². The van der Waals surface area contributed by atoms with Crippen LogP contribution in [0.3, 0.4) is 0 Å². The van der Waals surface area contributed by atoms with Gasteiger partial charge < -0.3 is 9.84 Å². The average molecular weight is 212 g/mol. The van der Waals surface area contributed by atoms with E-state index in [1.165, 1.54) is 6.92 Å². The molecule has 0 radical (unpaired) electrons. The topological polar surface area (TPSA) is 46.5 Å². The van der Waals surface area contributed by atoms with Crippen molar-refractivity contribution in [2.45, 2.75) is 39.7 Å². The van der Waals surface area contributed by atoms with Crippen LogP contribution in [-0.4, -0.2) is 23.8 Å². The van der Waals surface area contributed by atoms with Gasteiger partial charge in [0.25, 0.3) is 0 Å². The zero-order chi connectivity index (χ0) is 11.8. The van der Waals surface area contributed by atoms with Crippen molar-refractivity contribution in [1.82, 2.24) is 0 Å². The molecule has 0 aliphatic heterocycles. The molecule has 0 rings (SSSR count). The number of hydrogen-bond donors (Lipinski definition) is 1. The summed E-state index contributed by atoms with van der Waals surface area (Å²) < 4.78 is 4.77. The van der Waals surface area contributed by atoms with E-state index >= 15 is 0 Å². The molecule has 0 amide bonds. The highest BCUT2D eigenvalue weighted by Crippen LogP contribution is 2.11. The molecule has 0 saturated heterocycles. The molecule has 1 N–H and O–H groups in total. The minimum Gasteiger partial charge on any atom is -0.462 e. The molecular weight excluding hydrogens is 192 g/mol. The fourth-order valence-corrected chi connectivity index (χ4v) is 1.01. The summed E-state index contributed by atoms with van der Waals surface area (Å²) in [6, 6.07) is 0.